The molecule has 1 atom stereocenters. The van der Waals surface area contributed by atoms with Gasteiger partial charge in [0.2, 0.25) is 0 Å². The maximum atomic E-state index is 11.2. The fourth-order valence-corrected chi connectivity index (χ4v) is 7.41. The summed E-state index contributed by atoms with van der Waals surface area (Å²) in [5, 5.41) is 11.2. The molecule has 0 spiro atoms. The molecule has 7 aromatic carbocycles. The number of para-hydroxylation sites is 2. The predicted molar refractivity (Wildman–Crippen MR) is 222 cm³/mol. The van der Waals surface area contributed by atoms with Crippen molar-refractivity contribution in [2.45, 2.75) is 12.8 Å². The number of phenols is 1. The van der Waals surface area contributed by atoms with E-state index in [2.05, 4.69) is 163 Å². The van der Waals surface area contributed by atoms with Gasteiger partial charge in [-0.15, -0.1) is 0 Å². The number of fused-ring (bicyclic) bond motifs is 1. The summed E-state index contributed by atoms with van der Waals surface area (Å²) < 4.78 is 2.16. The van der Waals surface area contributed by atoms with Gasteiger partial charge in [0.05, 0.1) is 22.3 Å². The van der Waals surface area contributed by atoms with Crippen LogP contribution in [-0.2, 0) is 0 Å². The largest absolute Gasteiger partial charge is 0.507 e. The number of pyridine rings is 1. The van der Waals surface area contributed by atoms with E-state index in [0.29, 0.717) is 11.4 Å². The van der Waals surface area contributed by atoms with Gasteiger partial charge in [0, 0.05) is 28.9 Å². The number of nitrogens with zero attached hydrogens (tertiary/aromatic N) is 3. The molecule has 0 bridgehead atoms. The van der Waals surface area contributed by atoms with Crippen LogP contribution in [0.3, 0.4) is 0 Å². The average molecular weight is 696 g/mol. The van der Waals surface area contributed by atoms with Crippen molar-refractivity contribution in [3.63, 3.8) is 0 Å². The van der Waals surface area contributed by atoms with Crippen molar-refractivity contribution in [3.8, 4) is 67.5 Å². The third-order valence-electron chi connectivity index (χ3n) is 10.3. The molecule has 258 valence electrons. The number of aromatic nitrogens is 3. The number of imidazole rings is 1. The van der Waals surface area contributed by atoms with E-state index in [1.165, 1.54) is 11.1 Å². The number of hydrogen-bond acceptors (Lipinski definition) is 3. The van der Waals surface area contributed by atoms with Crippen molar-refractivity contribution in [3.05, 3.63) is 205 Å². The highest BCUT2D eigenvalue weighted by Crippen LogP contribution is 2.40. The first-order chi connectivity index (χ1) is 26.6. The smallest absolute Gasteiger partial charge is 0.149 e. The predicted octanol–water partition coefficient (Wildman–Crippen LogP) is 12.6. The van der Waals surface area contributed by atoms with Gasteiger partial charge >= 0.3 is 0 Å². The lowest BCUT2D eigenvalue weighted by Gasteiger charge is -2.17. The van der Waals surface area contributed by atoms with Crippen molar-refractivity contribution < 1.29 is 5.11 Å². The van der Waals surface area contributed by atoms with Crippen LogP contribution in [0.4, 0.5) is 0 Å². The lowest BCUT2D eigenvalue weighted by Crippen LogP contribution is -1.98. The minimum atomic E-state index is 0.138. The molecule has 54 heavy (non-hydrogen) atoms. The van der Waals surface area contributed by atoms with Crippen LogP contribution in [0.2, 0.25) is 0 Å². The molecular weight excluding hydrogens is 659 g/mol. The number of benzene rings is 7. The minimum Gasteiger partial charge on any atom is -0.507 e. The number of rotatable bonds is 8. The topological polar surface area (TPSA) is 50.9 Å². The molecule has 0 fully saturated rings. The molecule has 9 aromatic rings. The van der Waals surface area contributed by atoms with Crippen molar-refractivity contribution in [1.29, 1.82) is 0 Å². The molecule has 0 amide bonds. The van der Waals surface area contributed by atoms with Gasteiger partial charge in [0.1, 0.15) is 11.6 Å². The highest BCUT2D eigenvalue weighted by Gasteiger charge is 2.21. The Balaban J connectivity index is 1.25. The summed E-state index contributed by atoms with van der Waals surface area (Å²) in [6.07, 6.45) is 1.90. The fraction of sp³-hybridized carbons (Fsp3) is 0.0400. The van der Waals surface area contributed by atoms with Crippen LogP contribution in [0.1, 0.15) is 24.0 Å². The molecule has 2 aromatic heterocycles. The van der Waals surface area contributed by atoms with E-state index in [1.807, 2.05) is 36.5 Å². The third-order valence-corrected chi connectivity index (χ3v) is 10.3. The van der Waals surface area contributed by atoms with Gasteiger partial charge in [-0.3, -0.25) is 9.55 Å². The van der Waals surface area contributed by atoms with Crippen LogP contribution in [0.5, 0.6) is 5.75 Å². The Kier molecular flexibility index (Phi) is 8.62. The zero-order valence-corrected chi connectivity index (χ0v) is 29.8. The highest BCUT2D eigenvalue weighted by atomic mass is 16.3. The Hall–Kier alpha value is -7.04. The van der Waals surface area contributed by atoms with Crippen molar-refractivity contribution in [1.82, 2.24) is 14.5 Å². The van der Waals surface area contributed by atoms with E-state index in [1.54, 1.807) is 6.07 Å². The molecular formula is C50H37N3O. The lowest BCUT2D eigenvalue weighted by molar-refractivity contribution is 0.477. The summed E-state index contributed by atoms with van der Waals surface area (Å²) in [5.74, 6) is 0.995. The molecule has 0 aliphatic rings. The molecule has 2 heterocycles. The van der Waals surface area contributed by atoms with Gasteiger partial charge in [0.15, 0.2) is 0 Å². The van der Waals surface area contributed by atoms with E-state index in [0.717, 1.165) is 61.4 Å². The molecule has 1 N–H and O–H groups in total. The van der Waals surface area contributed by atoms with Crippen LogP contribution >= 0.6 is 0 Å². The van der Waals surface area contributed by atoms with Crippen LogP contribution in [0, 0.1) is 0 Å². The monoisotopic (exact) mass is 695 g/mol. The standard InChI is InChI=1S/C50H37N3O/c1-34(35-14-5-2-6-15-35)40-30-41(32-42(31-40)46-33-39(28-29-51-46)37-18-9-4-10-19-37)44-21-13-22-47-49(44)52-50(45-20-11-12-23-48(45)54)53(47)43-26-24-38(25-27-43)36-16-7-3-8-17-36/h2-34,54H,1H3. The van der Waals surface area contributed by atoms with Gasteiger partial charge in [0.25, 0.3) is 0 Å². The Bertz CT molecular complexity index is 2720. The quantitative estimate of drug-likeness (QED) is 0.172. The molecule has 4 heteroatoms. The second-order valence-electron chi connectivity index (χ2n) is 13.6. The summed E-state index contributed by atoms with van der Waals surface area (Å²) in [6.45, 7) is 2.26. The molecule has 0 saturated carbocycles. The molecule has 0 aliphatic heterocycles. The Morgan fingerprint density at radius 1 is 0.481 bits per heavy atom. The highest BCUT2D eigenvalue weighted by molar-refractivity contribution is 5.97. The first-order valence-electron chi connectivity index (χ1n) is 18.3. The van der Waals surface area contributed by atoms with Crippen molar-refractivity contribution in [2.24, 2.45) is 0 Å². The lowest BCUT2D eigenvalue weighted by atomic mass is 9.88. The van der Waals surface area contributed by atoms with Crippen molar-refractivity contribution in [2.75, 3.05) is 0 Å². The van der Waals surface area contributed by atoms with Gasteiger partial charge < -0.3 is 5.11 Å². The number of phenolic OH excluding ortho intramolecular Hbond substituents is 1. The maximum Gasteiger partial charge on any atom is 0.149 e. The molecule has 9 rings (SSSR count). The maximum absolute atomic E-state index is 11.2. The molecule has 1 unspecified atom stereocenters. The second kappa shape index (κ2) is 14.2. The van der Waals surface area contributed by atoms with E-state index >= 15 is 0 Å². The van der Waals surface area contributed by atoms with Crippen LogP contribution in [0.15, 0.2) is 194 Å². The Morgan fingerprint density at radius 2 is 1.09 bits per heavy atom. The Labute approximate surface area is 315 Å². The first-order valence-corrected chi connectivity index (χ1v) is 18.3. The Morgan fingerprint density at radius 3 is 1.81 bits per heavy atom. The summed E-state index contributed by atoms with van der Waals surface area (Å²) >= 11 is 0. The first kappa shape index (κ1) is 32.8. The molecule has 0 aliphatic carbocycles. The summed E-state index contributed by atoms with van der Waals surface area (Å²) in [5.41, 5.74) is 14.4. The summed E-state index contributed by atoms with van der Waals surface area (Å²) in [6, 6.07) is 64.9. The SMILES string of the molecule is CC(c1ccccc1)c1cc(-c2cc(-c3ccccc3)ccn2)cc(-c2cccc3c2nc(-c2ccccc2O)n3-c2ccc(-c3ccccc3)cc2)c1. The third kappa shape index (κ3) is 6.24. The van der Waals surface area contributed by atoms with Crippen molar-refractivity contribution >= 4 is 11.0 Å². The van der Waals surface area contributed by atoms with E-state index in [4.69, 9.17) is 9.97 Å². The van der Waals surface area contributed by atoms with E-state index in [-0.39, 0.29) is 11.7 Å². The molecule has 4 nitrogen and oxygen atoms in total. The van der Waals surface area contributed by atoms with Crippen LogP contribution in [-0.4, -0.2) is 19.6 Å². The number of hydrogen-bond donors (Lipinski definition) is 1. The van der Waals surface area contributed by atoms with Gasteiger partial charge in [-0.1, -0.05) is 140 Å². The summed E-state index contributed by atoms with van der Waals surface area (Å²) in [7, 11) is 0. The molecule has 0 radical (unpaired) electrons. The van der Waals surface area contributed by atoms with Crippen LogP contribution in [0.25, 0.3) is 72.7 Å². The molecule has 0 saturated heterocycles. The average Bonchev–Trinajstić information content (AvgIpc) is 3.64. The zero-order valence-electron chi connectivity index (χ0n) is 29.8. The van der Waals surface area contributed by atoms with Gasteiger partial charge in [-0.25, -0.2) is 4.98 Å². The van der Waals surface area contributed by atoms with Crippen LogP contribution < -0.4 is 0 Å². The minimum absolute atomic E-state index is 0.138. The number of aromatic hydroxyl groups is 1. The normalized spacial score (nSPS) is 11.8. The summed E-state index contributed by atoms with van der Waals surface area (Å²) in [4.78, 5) is 10.2. The zero-order chi connectivity index (χ0) is 36.4. The van der Waals surface area contributed by atoms with E-state index < -0.39 is 0 Å². The van der Waals surface area contributed by atoms with Gasteiger partial charge in [-0.2, -0.15) is 0 Å². The van der Waals surface area contributed by atoms with E-state index in [9.17, 15) is 5.11 Å². The fourth-order valence-electron chi connectivity index (χ4n) is 7.41. The van der Waals surface area contributed by atoms with Gasteiger partial charge in [-0.05, 0) is 93.5 Å². The second-order valence-corrected chi connectivity index (χ2v) is 13.6.